The summed E-state index contributed by atoms with van der Waals surface area (Å²) >= 11 is 0. The maximum Gasteiger partial charge on any atom is 0.158 e. The summed E-state index contributed by atoms with van der Waals surface area (Å²) in [5.41, 5.74) is 4.85. The zero-order chi connectivity index (χ0) is 28.5. The number of piperidine rings is 1. The summed E-state index contributed by atoms with van der Waals surface area (Å²) in [5, 5.41) is 12.1. The Balaban J connectivity index is 1.08. The van der Waals surface area contributed by atoms with Gasteiger partial charge in [0.1, 0.15) is 36.0 Å². The van der Waals surface area contributed by atoms with Crippen molar-refractivity contribution in [1.82, 2.24) is 39.0 Å². The molecule has 7 rings (SSSR count). The molecule has 0 saturated carbocycles. The summed E-state index contributed by atoms with van der Waals surface area (Å²) < 4.78 is 9.74. The molecule has 2 aliphatic heterocycles. The van der Waals surface area contributed by atoms with E-state index in [0.717, 1.165) is 66.4 Å². The lowest BCUT2D eigenvalue weighted by molar-refractivity contribution is -0.104. The number of nitrogens with one attached hydrogen (secondary N) is 1. The first-order chi connectivity index (χ1) is 20.7. The van der Waals surface area contributed by atoms with Crippen LogP contribution in [-0.4, -0.2) is 77.6 Å². The average molecular weight is 564 g/mol. The van der Waals surface area contributed by atoms with Crippen molar-refractivity contribution in [3.8, 4) is 11.5 Å². The van der Waals surface area contributed by atoms with Crippen LogP contribution in [0.2, 0.25) is 0 Å². The Kier molecular flexibility index (Phi) is 7.10. The molecule has 6 heterocycles. The van der Waals surface area contributed by atoms with Crippen molar-refractivity contribution < 1.29 is 9.53 Å². The number of aryl methyl sites for hydroxylation is 1. The number of carbonyl (C=O) groups excluding carboxylic acids is 1. The van der Waals surface area contributed by atoms with Crippen molar-refractivity contribution in [2.45, 2.75) is 38.3 Å². The van der Waals surface area contributed by atoms with Crippen LogP contribution in [-0.2, 0) is 4.79 Å². The van der Waals surface area contributed by atoms with Crippen LogP contribution in [0.15, 0.2) is 73.6 Å². The van der Waals surface area contributed by atoms with Gasteiger partial charge in [0.25, 0.3) is 0 Å². The summed E-state index contributed by atoms with van der Waals surface area (Å²) in [6.07, 6.45) is 15.4. The van der Waals surface area contributed by atoms with Crippen molar-refractivity contribution in [2.24, 2.45) is 0 Å². The van der Waals surface area contributed by atoms with E-state index in [1.165, 1.54) is 31.2 Å². The molecule has 214 valence electrons. The maximum atomic E-state index is 11.1. The van der Waals surface area contributed by atoms with E-state index in [2.05, 4.69) is 47.4 Å². The van der Waals surface area contributed by atoms with Gasteiger partial charge in [-0.25, -0.2) is 19.0 Å². The van der Waals surface area contributed by atoms with E-state index in [9.17, 15) is 4.79 Å². The van der Waals surface area contributed by atoms with E-state index < -0.39 is 0 Å². The highest BCUT2D eigenvalue weighted by molar-refractivity contribution is 5.77. The molecule has 1 aromatic carbocycles. The van der Waals surface area contributed by atoms with Crippen LogP contribution < -0.4 is 10.1 Å². The molecule has 0 bridgehead atoms. The van der Waals surface area contributed by atoms with Crippen LogP contribution >= 0.6 is 0 Å². The Labute approximate surface area is 243 Å². The van der Waals surface area contributed by atoms with Gasteiger partial charge in [0.15, 0.2) is 11.5 Å². The molecule has 0 amide bonds. The Morgan fingerprint density at radius 2 is 1.76 bits per heavy atom. The third-order valence-electron chi connectivity index (χ3n) is 8.25. The molecule has 2 fully saturated rings. The fraction of sp³-hybridized carbons (Fsp3) is 0.323. The van der Waals surface area contributed by atoms with Gasteiger partial charge in [-0.3, -0.25) is 14.6 Å². The second-order valence-corrected chi connectivity index (χ2v) is 11.0. The molecule has 11 heteroatoms. The number of rotatable bonds is 9. The molecule has 0 aliphatic carbocycles. The van der Waals surface area contributed by atoms with Gasteiger partial charge in [-0.05, 0) is 86.5 Å². The number of aldehydes is 1. The molecule has 0 radical (unpaired) electrons. The number of nitrogens with zero attached hydrogens (tertiary/aromatic N) is 8. The molecular formula is C31H33N9O2. The first-order valence-corrected chi connectivity index (χ1v) is 14.4. The summed E-state index contributed by atoms with van der Waals surface area (Å²) in [5.74, 6) is 2.59. The third kappa shape index (κ3) is 5.12. The highest BCUT2D eigenvalue weighted by Gasteiger charge is 2.36. The second-order valence-electron chi connectivity index (χ2n) is 11.0. The molecule has 2 aliphatic rings. The SMILES string of the molecule is Cc1cc(Nc2ncnn3ccc(C4CN(C(C=CC=O)N5CCCCC5)C4)c23)ccc1Oc1ccn2ncnc2c1. The number of likely N-dealkylation sites (tertiary alicyclic amines) is 2. The van der Waals surface area contributed by atoms with Gasteiger partial charge < -0.3 is 10.1 Å². The summed E-state index contributed by atoms with van der Waals surface area (Å²) in [4.78, 5) is 24.9. The molecular weight excluding hydrogens is 530 g/mol. The standard InChI is InChI=1S/C31H33N9O2/c1-22-16-24(7-8-27(22)42-25-9-13-39-28(17-25)32-20-34-39)36-31-30-26(10-14-40(30)35-21-33-31)23-18-38(19-23)29(6-5-15-41)37-11-3-2-4-12-37/h5-10,13-17,20-21,23,29H,2-4,11-12,18-19H2,1H3,(H,33,35,36). The molecule has 4 aromatic heterocycles. The number of benzene rings is 1. The van der Waals surface area contributed by atoms with Gasteiger partial charge in [-0.2, -0.15) is 10.2 Å². The molecule has 1 atom stereocenters. The number of hydrogen-bond donors (Lipinski definition) is 1. The Morgan fingerprint density at radius 1 is 0.952 bits per heavy atom. The van der Waals surface area contributed by atoms with Gasteiger partial charge in [0, 0.05) is 43.2 Å². The lowest BCUT2D eigenvalue weighted by Crippen LogP contribution is -2.57. The monoisotopic (exact) mass is 563 g/mol. The predicted octanol–water partition coefficient (Wildman–Crippen LogP) is 4.58. The Morgan fingerprint density at radius 3 is 2.60 bits per heavy atom. The van der Waals surface area contributed by atoms with Crippen molar-refractivity contribution in [3.63, 3.8) is 0 Å². The number of anilines is 2. The number of hydrogen-bond acceptors (Lipinski definition) is 9. The number of pyridine rings is 1. The molecule has 1 N–H and O–H groups in total. The number of allylic oxidation sites excluding steroid dienone is 1. The number of ether oxygens (including phenoxy) is 1. The van der Waals surface area contributed by atoms with E-state index in [-0.39, 0.29) is 6.17 Å². The minimum atomic E-state index is 0.163. The molecule has 11 nitrogen and oxygen atoms in total. The topological polar surface area (TPSA) is 105 Å². The summed E-state index contributed by atoms with van der Waals surface area (Å²) in [6, 6.07) is 11.9. The van der Waals surface area contributed by atoms with E-state index in [1.54, 1.807) is 16.9 Å². The predicted molar refractivity (Wildman–Crippen MR) is 159 cm³/mol. The van der Waals surface area contributed by atoms with Gasteiger partial charge in [0.05, 0.1) is 6.17 Å². The number of aromatic nitrogens is 6. The zero-order valence-corrected chi connectivity index (χ0v) is 23.5. The molecule has 42 heavy (non-hydrogen) atoms. The van der Waals surface area contributed by atoms with Crippen LogP contribution in [0.1, 0.15) is 36.3 Å². The van der Waals surface area contributed by atoms with Gasteiger partial charge >= 0.3 is 0 Å². The van der Waals surface area contributed by atoms with Crippen LogP contribution in [0.3, 0.4) is 0 Å². The first-order valence-electron chi connectivity index (χ1n) is 14.4. The number of fused-ring (bicyclic) bond motifs is 2. The fourth-order valence-corrected chi connectivity index (χ4v) is 6.09. The van der Waals surface area contributed by atoms with Gasteiger partial charge in [-0.1, -0.05) is 6.42 Å². The van der Waals surface area contributed by atoms with E-state index in [4.69, 9.17) is 4.74 Å². The van der Waals surface area contributed by atoms with Crippen molar-refractivity contribution >= 4 is 29.0 Å². The Bertz CT molecular complexity index is 1750. The summed E-state index contributed by atoms with van der Waals surface area (Å²) in [6.45, 7) is 6.02. The second kappa shape index (κ2) is 11.3. The quantitative estimate of drug-likeness (QED) is 0.204. The van der Waals surface area contributed by atoms with Crippen molar-refractivity contribution in [2.75, 3.05) is 31.5 Å². The van der Waals surface area contributed by atoms with E-state index >= 15 is 0 Å². The average Bonchev–Trinajstić information content (AvgIpc) is 3.64. The molecule has 1 unspecified atom stereocenters. The van der Waals surface area contributed by atoms with E-state index in [1.807, 2.05) is 54.2 Å². The highest BCUT2D eigenvalue weighted by atomic mass is 16.5. The zero-order valence-electron chi connectivity index (χ0n) is 23.5. The maximum absolute atomic E-state index is 11.1. The summed E-state index contributed by atoms with van der Waals surface area (Å²) in [7, 11) is 0. The van der Waals surface area contributed by atoms with Gasteiger partial charge in [0.2, 0.25) is 0 Å². The lowest BCUT2D eigenvalue weighted by Gasteiger charge is -2.48. The highest BCUT2D eigenvalue weighted by Crippen LogP contribution is 2.36. The van der Waals surface area contributed by atoms with Crippen molar-refractivity contribution in [3.05, 3.63) is 84.7 Å². The third-order valence-corrected chi connectivity index (χ3v) is 8.25. The van der Waals surface area contributed by atoms with Crippen molar-refractivity contribution in [1.29, 1.82) is 0 Å². The largest absolute Gasteiger partial charge is 0.457 e. The first kappa shape index (κ1) is 26.3. The lowest BCUT2D eigenvalue weighted by atomic mass is 9.91. The van der Waals surface area contributed by atoms with Crippen LogP contribution in [0, 0.1) is 6.92 Å². The van der Waals surface area contributed by atoms with Crippen LogP contribution in [0.5, 0.6) is 11.5 Å². The fourth-order valence-electron chi connectivity index (χ4n) is 6.09. The molecule has 5 aromatic rings. The Hall–Kier alpha value is -4.61. The number of carbonyl (C=O) groups is 1. The smallest absolute Gasteiger partial charge is 0.158 e. The molecule has 2 saturated heterocycles. The van der Waals surface area contributed by atoms with Crippen LogP contribution in [0.25, 0.3) is 11.2 Å². The van der Waals surface area contributed by atoms with Crippen LogP contribution in [0.4, 0.5) is 11.5 Å². The van der Waals surface area contributed by atoms with E-state index in [0.29, 0.717) is 11.7 Å². The van der Waals surface area contributed by atoms with Gasteiger partial charge in [-0.15, -0.1) is 0 Å². The normalized spacial score (nSPS) is 17.5. The minimum Gasteiger partial charge on any atom is -0.457 e. The minimum absolute atomic E-state index is 0.163. The molecule has 0 spiro atoms.